The molecule has 0 aliphatic carbocycles. The number of carbonyl (C=O) groups excluding carboxylic acids is 4. The first-order chi connectivity index (χ1) is 15.1. The molecule has 2 aromatic rings. The minimum Gasteiger partial charge on any atom is -0.274 e. The van der Waals surface area contributed by atoms with Crippen LogP contribution in [0, 0.1) is 0 Å². The van der Waals surface area contributed by atoms with Crippen LogP contribution in [0.2, 0.25) is 20.1 Å². The predicted molar refractivity (Wildman–Crippen MR) is 133 cm³/mol. The average molecular weight is 532 g/mol. The topological polar surface area (TPSA) is 74.8 Å². The first-order valence-corrected chi connectivity index (χ1v) is 11.2. The summed E-state index contributed by atoms with van der Waals surface area (Å²) in [5.74, 6) is -2.08. The third kappa shape index (κ3) is 5.35. The number of amides is 4. The Labute approximate surface area is 212 Å². The van der Waals surface area contributed by atoms with Crippen molar-refractivity contribution in [2.75, 3.05) is 9.80 Å². The monoisotopic (exact) mass is 530 g/mol. The SMILES string of the molecule is CC(=O)N(C(C)=O)c1c(Cl)cc(C(C)(C)c2cc(Cl)c(N(C(C)=O)C(C)=O)c(Cl)c2)cc1Cl. The van der Waals surface area contributed by atoms with Crippen LogP contribution in [0.5, 0.6) is 0 Å². The maximum Gasteiger partial charge on any atom is 0.230 e. The van der Waals surface area contributed by atoms with Gasteiger partial charge in [-0.15, -0.1) is 0 Å². The number of halogens is 4. The molecular weight excluding hydrogens is 510 g/mol. The summed E-state index contributed by atoms with van der Waals surface area (Å²) in [6.07, 6.45) is 0. The van der Waals surface area contributed by atoms with E-state index >= 15 is 0 Å². The molecule has 0 N–H and O–H groups in total. The Morgan fingerprint density at radius 1 is 0.576 bits per heavy atom. The van der Waals surface area contributed by atoms with E-state index in [9.17, 15) is 19.2 Å². The molecule has 0 spiro atoms. The number of carbonyl (C=O) groups is 4. The fourth-order valence-electron chi connectivity index (χ4n) is 3.52. The van der Waals surface area contributed by atoms with Crippen LogP contribution < -0.4 is 9.80 Å². The van der Waals surface area contributed by atoms with Gasteiger partial charge in [0.05, 0.1) is 31.5 Å². The molecule has 0 radical (unpaired) electrons. The number of benzene rings is 2. The van der Waals surface area contributed by atoms with E-state index in [2.05, 4.69) is 0 Å². The predicted octanol–water partition coefficient (Wildman–Crippen LogP) is 6.42. The van der Waals surface area contributed by atoms with Crippen LogP contribution in [0.1, 0.15) is 52.7 Å². The lowest BCUT2D eigenvalue weighted by molar-refractivity contribution is -0.125. The number of nitrogens with zero attached hydrogens (tertiary/aromatic N) is 2. The van der Waals surface area contributed by atoms with E-state index in [0.29, 0.717) is 11.1 Å². The van der Waals surface area contributed by atoms with Gasteiger partial charge in [0, 0.05) is 33.1 Å². The Balaban J connectivity index is 2.66. The zero-order valence-corrected chi connectivity index (χ0v) is 21.9. The summed E-state index contributed by atoms with van der Waals surface area (Å²) >= 11 is 25.8. The molecule has 0 saturated carbocycles. The lowest BCUT2D eigenvalue weighted by Crippen LogP contribution is -2.34. The number of rotatable bonds is 4. The molecule has 0 unspecified atom stereocenters. The zero-order valence-electron chi connectivity index (χ0n) is 18.8. The highest BCUT2D eigenvalue weighted by molar-refractivity contribution is 6.42. The van der Waals surface area contributed by atoms with E-state index in [1.807, 2.05) is 13.8 Å². The van der Waals surface area contributed by atoms with Crippen molar-refractivity contribution in [3.63, 3.8) is 0 Å². The van der Waals surface area contributed by atoms with Crippen LogP contribution in [0.4, 0.5) is 11.4 Å². The van der Waals surface area contributed by atoms with E-state index in [-0.39, 0.29) is 31.5 Å². The van der Waals surface area contributed by atoms with Crippen molar-refractivity contribution < 1.29 is 19.2 Å². The maximum absolute atomic E-state index is 12.0. The van der Waals surface area contributed by atoms with E-state index in [1.165, 1.54) is 27.7 Å². The van der Waals surface area contributed by atoms with Gasteiger partial charge >= 0.3 is 0 Å². The van der Waals surface area contributed by atoms with Crippen LogP contribution >= 0.6 is 46.4 Å². The molecule has 176 valence electrons. The highest BCUT2D eigenvalue weighted by Crippen LogP contribution is 2.44. The molecular formula is C23H22Cl4N2O4. The average Bonchev–Trinajstić information content (AvgIpc) is 2.65. The highest BCUT2D eigenvalue weighted by atomic mass is 35.5. The van der Waals surface area contributed by atoms with E-state index in [1.54, 1.807) is 24.3 Å². The summed E-state index contributed by atoms with van der Waals surface area (Å²) in [5.41, 5.74) is 0.767. The van der Waals surface area contributed by atoms with Crippen molar-refractivity contribution in [1.82, 2.24) is 0 Å². The Bertz CT molecular complexity index is 1010. The van der Waals surface area contributed by atoms with Gasteiger partial charge in [0.15, 0.2) is 0 Å². The molecule has 6 nitrogen and oxygen atoms in total. The van der Waals surface area contributed by atoms with Gasteiger partial charge in [0.2, 0.25) is 23.6 Å². The molecule has 0 heterocycles. The van der Waals surface area contributed by atoms with Gasteiger partial charge in [-0.1, -0.05) is 60.3 Å². The zero-order chi connectivity index (χ0) is 25.4. The molecule has 0 saturated heterocycles. The van der Waals surface area contributed by atoms with Crippen molar-refractivity contribution >= 4 is 81.4 Å². The second-order valence-electron chi connectivity index (χ2n) is 7.95. The normalized spacial score (nSPS) is 11.2. The quantitative estimate of drug-likeness (QED) is 0.455. The van der Waals surface area contributed by atoms with Crippen molar-refractivity contribution in [3.05, 3.63) is 55.5 Å². The van der Waals surface area contributed by atoms with Crippen LogP contribution in [0.15, 0.2) is 24.3 Å². The molecule has 0 aliphatic heterocycles. The molecule has 2 rings (SSSR count). The van der Waals surface area contributed by atoms with Crippen LogP contribution in [-0.2, 0) is 24.6 Å². The van der Waals surface area contributed by atoms with Crippen LogP contribution in [0.25, 0.3) is 0 Å². The minimum atomic E-state index is -0.744. The van der Waals surface area contributed by atoms with Gasteiger partial charge in [0.1, 0.15) is 0 Å². The first kappa shape index (κ1) is 27.1. The Morgan fingerprint density at radius 3 is 0.970 bits per heavy atom. The summed E-state index contributed by atoms with van der Waals surface area (Å²) in [7, 11) is 0. The van der Waals surface area contributed by atoms with Crippen molar-refractivity contribution in [1.29, 1.82) is 0 Å². The van der Waals surface area contributed by atoms with Gasteiger partial charge in [-0.25, -0.2) is 9.80 Å². The maximum atomic E-state index is 12.0. The van der Waals surface area contributed by atoms with Gasteiger partial charge in [-0.05, 0) is 35.4 Å². The van der Waals surface area contributed by atoms with E-state index in [4.69, 9.17) is 46.4 Å². The Morgan fingerprint density at radius 2 is 0.788 bits per heavy atom. The molecule has 2 aromatic carbocycles. The van der Waals surface area contributed by atoms with Crippen molar-refractivity contribution in [3.8, 4) is 0 Å². The lowest BCUT2D eigenvalue weighted by atomic mass is 9.78. The highest BCUT2D eigenvalue weighted by Gasteiger charge is 2.31. The molecule has 0 fully saturated rings. The van der Waals surface area contributed by atoms with Gasteiger partial charge in [-0.3, -0.25) is 19.2 Å². The van der Waals surface area contributed by atoms with Gasteiger partial charge in [-0.2, -0.15) is 0 Å². The molecule has 0 atom stereocenters. The molecule has 4 amide bonds. The molecule has 0 aliphatic rings. The second kappa shape index (κ2) is 10.0. The molecule has 0 bridgehead atoms. The third-order valence-corrected chi connectivity index (χ3v) is 6.34. The van der Waals surface area contributed by atoms with Crippen molar-refractivity contribution in [2.45, 2.75) is 47.0 Å². The summed E-state index contributed by atoms with van der Waals surface area (Å²) in [6.45, 7) is 8.70. The Kier molecular flexibility index (Phi) is 8.23. The van der Waals surface area contributed by atoms with E-state index < -0.39 is 29.0 Å². The number of hydrogen-bond acceptors (Lipinski definition) is 4. The standard InChI is InChI=1S/C23H22Cl4N2O4/c1-11(30)28(12(2)31)21-17(24)7-15(8-18(21)25)23(5,6)16-9-19(26)22(20(27)10-16)29(13(3)32)14(4)33/h7-10H,1-6H3. The summed E-state index contributed by atoms with van der Waals surface area (Å²) in [4.78, 5) is 49.6. The first-order valence-electron chi connectivity index (χ1n) is 9.72. The third-order valence-electron chi connectivity index (χ3n) is 5.18. The van der Waals surface area contributed by atoms with Gasteiger partial charge in [0.25, 0.3) is 0 Å². The second-order valence-corrected chi connectivity index (χ2v) is 9.58. The number of hydrogen-bond donors (Lipinski definition) is 0. The number of anilines is 2. The van der Waals surface area contributed by atoms with E-state index in [0.717, 1.165) is 9.80 Å². The lowest BCUT2D eigenvalue weighted by Gasteiger charge is -2.30. The molecule has 0 aromatic heterocycles. The van der Waals surface area contributed by atoms with Crippen LogP contribution in [0.3, 0.4) is 0 Å². The van der Waals surface area contributed by atoms with Gasteiger partial charge < -0.3 is 0 Å². The smallest absolute Gasteiger partial charge is 0.230 e. The van der Waals surface area contributed by atoms with Crippen LogP contribution in [-0.4, -0.2) is 23.6 Å². The fraction of sp³-hybridized carbons (Fsp3) is 0.304. The minimum absolute atomic E-state index is 0.0999. The fourth-order valence-corrected chi connectivity index (χ4v) is 4.83. The van der Waals surface area contributed by atoms with Crippen molar-refractivity contribution in [2.24, 2.45) is 0 Å². The largest absolute Gasteiger partial charge is 0.274 e. The summed E-state index contributed by atoms with van der Waals surface area (Å²) in [6, 6.07) is 6.42. The Hall–Kier alpha value is -2.12. The molecule has 33 heavy (non-hydrogen) atoms. The number of imide groups is 2. The molecule has 10 heteroatoms. The summed E-state index contributed by atoms with van der Waals surface area (Å²) in [5, 5.41) is 0.460. The summed E-state index contributed by atoms with van der Waals surface area (Å²) < 4.78 is 0.